The van der Waals surface area contributed by atoms with Crippen LogP contribution in [0.5, 0.6) is 0 Å². The lowest BCUT2D eigenvalue weighted by Gasteiger charge is -1.98. The van der Waals surface area contributed by atoms with Crippen LogP contribution >= 0.6 is 0 Å². The van der Waals surface area contributed by atoms with Crippen molar-refractivity contribution in [3.05, 3.63) is 12.1 Å². The second-order valence-electron chi connectivity index (χ2n) is 2.65. The summed E-state index contributed by atoms with van der Waals surface area (Å²) in [7, 11) is 0. The third-order valence-corrected chi connectivity index (χ3v) is 1.31. The predicted octanol–water partition coefficient (Wildman–Crippen LogP) is 0.931. The number of anilines is 2. The summed E-state index contributed by atoms with van der Waals surface area (Å²) >= 11 is 0. The predicted molar refractivity (Wildman–Crippen MR) is 49.4 cm³/mol. The lowest BCUT2D eigenvalue weighted by Crippen LogP contribution is -2.08. The minimum atomic E-state index is -0.156. The average molecular weight is 181 g/mol. The SMILES string of the molecule is CC(=O)Nc1ccc(NC(C)=O)[nH]1. The normalized spacial score (nSPS) is 9.38. The van der Waals surface area contributed by atoms with Crippen molar-refractivity contribution in [2.45, 2.75) is 13.8 Å². The quantitative estimate of drug-likeness (QED) is 0.635. The van der Waals surface area contributed by atoms with Gasteiger partial charge < -0.3 is 15.6 Å². The molecule has 0 aliphatic rings. The van der Waals surface area contributed by atoms with E-state index < -0.39 is 0 Å². The van der Waals surface area contributed by atoms with E-state index in [0.717, 1.165) is 0 Å². The third kappa shape index (κ3) is 2.98. The Morgan fingerprint density at radius 1 is 1.08 bits per heavy atom. The second kappa shape index (κ2) is 3.75. The van der Waals surface area contributed by atoms with Crippen LogP contribution in [0.15, 0.2) is 12.1 Å². The molecule has 0 bridgehead atoms. The molecule has 0 radical (unpaired) electrons. The highest BCUT2D eigenvalue weighted by Gasteiger charge is 2.00. The Morgan fingerprint density at radius 3 is 1.77 bits per heavy atom. The molecular weight excluding hydrogens is 170 g/mol. The van der Waals surface area contributed by atoms with Crippen molar-refractivity contribution in [3.63, 3.8) is 0 Å². The Bertz CT molecular complexity index is 299. The number of hydrogen-bond acceptors (Lipinski definition) is 2. The molecule has 0 saturated heterocycles. The van der Waals surface area contributed by atoms with Crippen molar-refractivity contribution >= 4 is 23.5 Å². The summed E-state index contributed by atoms with van der Waals surface area (Å²) < 4.78 is 0. The molecule has 1 aromatic rings. The summed E-state index contributed by atoms with van der Waals surface area (Å²) in [5.74, 6) is 0.819. The van der Waals surface area contributed by atoms with Gasteiger partial charge in [-0.1, -0.05) is 0 Å². The number of nitrogens with one attached hydrogen (secondary N) is 3. The lowest BCUT2D eigenvalue weighted by atomic mass is 10.5. The maximum Gasteiger partial charge on any atom is 0.222 e. The number of aromatic amines is 1. The molecule has 0 fully saturated rings. The number of carbonyl (C=O) groups is 2. The van der Waals surface area contributed by atoms with Gasteiger partial charge in [0.15, 0.2) is 0 Å². The van der Waals surface area contributed by atoms with Crippen LogP contribution in [0.1, 0.15) is 13.8 Å². The first kappa shape index (κ1) is 9.31. The van der Waals surface area contributed by atoms with Crippen LogP contribution in [0.2, 0.25) is 0 Å². The van der Waals surface area contributed by atoms with Crippen LogP contribution in [0.4, 0.5) is 11.6 Å². The van der Waals surface area contributed by atoms with Crippen LogP contribution in [0.3, 0.4) is 0 Å². The van der Waals surface area contributed by atoms with Crippen molar-refractivity contribution < 1.29 is 9.59 Å². The molecule has 1 heterocycles. The fourth-order valence-corrected chi connectivity index (χ4v) is 0.920. The number of rotatable bonds is 2. The molecule has 5 heteroatoms. The van der Waals surface area contributed by atoms with E-state index in [1.165, 1.54) is 13.8 Å². The third-order valence-electron chi connectivity index (χ3n) is 1.31. The number of H-pyrrole nitrogens is 1. The Balaban J connectivity index is 2.63. The zero-order valence-corrected chi connectivity index (χ0v) is 7.47. The van der Waals surface area contributed by atoms with E-state index >= 15 is 0 Å². The van der Waals surface area contributed by atoms with Crippen molar-refractivity contribution in [1.29, 1.82) is 0 Å². The fourth-order valence-electron chi connectivity index (χ4n) is 0.920. The summed E-state index contributed by atoms with van der Waals surface area (Å²) in [6.07, 6.45) is 0. The maximum atomic E-state index is 10.6. The standard InChI is InChI=1S/C8H11N3O2/c1-5(12)9-7-3-4-8(11-7)10-6(2)13/h3-4,11H,1-2H3,(H,9,12)(H,10,13). The molecule has 0 aromatic carbocycles. The van der Waals surface area contributed by atoms with E-state index in [1.807, 2.05) is 0 Å². The topological polar surface area (TPSA) is 74.0 Å². The number of aromatic nitrogens is 1. The van der Waals surface area contributed by atoms with E-state index in [1.54, 1.807) is 12.1 Å². The molecule has 0 spiro atoms. The van der Waals surface area contributed by atoms with Crippen molar-refractivity contribution in [2.24, 2.45) is 0 Å². The summed E-state index contributed by atoms with van der Waals surface area (Å²) in [5, 5.41) is 5.11. The Hall–Kier alpha value is -1.78. The molecule has 70 valence electrons. The van der Waals surface area contributed by atoms with E-state index in [9.17, 15) is 9.59 Å². The van der Waals surface area contributed by atoms with Gasteiger partial charge in [-0.05, 0) is 12.1 Å². The number of amides is 2. The minimum Gasteiger partial charge on any atom is -0.328 e. The van der Waals surface area contributed by atoms with Crippen LogP contribution < -0.4 is 10.6 Å². The molecule has 1 aromatic heterocycles. The van der Waals surface area contributed by atoms with Gasteiger partial charge in [0.25, 0.3) is 0 Å². The summed E-state index contributed by atoms with van der Waals surface area (Å²) in [5.41, 5.74) is 0. The highest BCUT2D eigenvalue weighted by atomic mass is 16.2. The summed E-state index contributed by atoms with van der Waals surface area (Å²) in [6.45, 7) is 2.83. The molecule has 0 aliphatic carbocycles. The van der Waals surface area contributed by atoms with Crippen LogP contribution in [0, 0.1) is 0 Å². The Labute approximate surface area is 75.5 Å². The second-order valence-corrected chi connectivity index (χ2v) is 2.65. The first-order chi connectivity index (χ1) is 6.08. The highest BCUT2D eigenvalue weighted by Crippen LogP contribution is 2.11. The van der Waals surface area contributed by atoms with Crippen LogP contribution in [-0.4, -0.2) is 16.8 Å². The van der Waals surface area contributed by atoms with E-state index in [2.05, 4.69) is 15.6 Å². The van der Waals surface area contributed by atoms with Gasteiger partial charge in [-0.25, -0.2) is 0 Å². The Morgan fingerprint density at radius 2 is 1.46 bits per heavy atom. The largest absolute Gasteiger partial charge is 0.328 e. The molecule has 0 saturated carbocycles. The molecular formula is C8H11N3O2. The maximum absolute atomic E-state index is 10.6. The molecule has 3 N–H and O–H groups in total. The van der Waals surface area contributed by atoms with Crippen molar-refractivity contribution in [1.82, 2.24) is 4.98 Å². The Kier molecular flexibility index (Phi) is 2.69. The number of carbonyl (C=O) groups excluding carboxylic acids is 2. The summed E-state index contributed by atoms with van der Waals surface area (Å²) in [4.78, 5) is 24.1. The van der Waals surface area contributed by atoms with Gasteiger partial charge in [-0.2, -0.15) is 0 Å². The average Bonchev–Trinajstić information content (AvgIpc) is 2.33. The van der Waals surface area contributed by atoms with Crippen LogP contribution in [0.25, 0.3) is 0 Å². The van der Waals surface area contributed by atoms with Gasteiger partial charge in [0.2, 0.25) is 11.8 Å². The molecule has 0 atom stereocenters. The van der Waals surface area contributed by atoms with Gasteiger partial charge in [0, 0.05) is 13.8 Å². The summed E-state index contributed by atoms with van der Waals surface area (Å²) in [6, 6.07) is 3.35. The lowest BCUT2D eigenvalue weighted by molar-refractivity contribution is -0.115. The molecule has 0 aliphatic heterocycles. The molecule has 5 nitrogen and oxygen atoms in total. The van der Waals surface area contributed by atoms with Gasteiger partial charge in [0.05, 0.1) is 0 Å². The van der Waals surface area contributed by atoms with E-state index in [-0.39, 0.29) is 11.8 Å². The molecule has 1 rings (SSSR count). The van der Waals surface area contributed by atoms with Crippen molar-refractivity contribution in [2.75, 3.05) is 10.6 Å². The van der Waals surface area contributed by atoms with Crippen LogP contribution in [-0.2, 0) is 9.59 Å². The van der Waals surface area contributed by atoms with Gasteiger partial charge in [0.1, 0.15) is 11.6 Å². The van der Waals surface area contributed by atoms with E-state index in [0.29, 0.717) is 11.6 Å². The minimum absolute atomic E-state index is 0.156. The zero-order chi connectivity index (χ0) is 9.84. The smallest absolute Gasteiger partial charge is 0.222 e. The first-order valence-electron chi connectivity index (χ1n) is 3.82. The van der Waals surface area contributed by atoms with Gasteiger partial charge >= 0.3 is 0 Å². The number of hydrogen-bond donors (Lipinski definition) is 3. The molecule has 0 unspecified atom stereocenters. The van der Waals surface area contributed by atoms with Crippen molar-refractivity contribution in [3.8, 4) is 0 Å². The fraction of sp³-hybridized carbons (Fsp3) is 0.250. The van der Waals surface area contributed by atoms with Gasteiger partial charge in [-0.15, -0.1) is 0 Å². The molecule has 2 amide bonds. The zero-order valence-electron chi connectivity index (χ0n) is 7.47. The first-order valence-corrected chi connectivity index (χ1v) is 3.82. The molecule has 13 heavy (non-hydrogen) atoms. The van der Waals surface area contributed by atoms with Gasteiger partial charge in [-0.3, -0.25) is 9.59 Å². The highest BCUT2D eigenvalue weighted by molar-refractivity contribution is 5.90. The monoisotopic (exact) mass is 181 g/mol. The van der Waals surface area contributed by atoms with E-state index in [4.69, 9.17) is 0 Å².